The van der Waals surface area contributed by atoms with Crippen molar-refractivity contribution in [2.45, 2.75) is 64.1 Å². The number of nitrogens with one attached hydrogen (secondary N) is 1. The van der Waals surface area contributed by atoms with Crippen molar-refractivity contribution in [2.75, 3.05) is 19.6 Å². The normalized spacial score (nSPS) is 19.8. The number of hydrogen-bond donors (Lipinski definition) is 1. The number of carbonyl (C=O) groups is 1. The van der Waals surface area contributed by atoms with Crippen LogP contribution >= 0.6 is 0 Å². The SMILES string of the molecule is CC(C)(C)OC(=O)N1CCN(Cc2cc3ccccc3[nH]c2=O)C2(CCCC2)C1. The van der Waals surface area contributed by atoms with Crippen molar-refractivity contribution in [1.29, 1.82) is 0 Å². The van der Waals surface area contributed by atoms with Gasteiger partial charge in [0.25, 0.3) is 5.56 Å². The van der Waals surface area contributed by atoms with Crippen LogP contribution in [0.25, 0.3) is 10.9 Å². The first-order chi connectivity index (χ1) is 13.8. The highest BCUT2D eigenvalue weighted by atomic mass is 16.6. The molecule has 2 heterocycles. The summed E-state index contributed by atoms with van der Waals surface area (Å²) in [6, 6.07) is 9.89. The number of fused-ring (bicyclic) bond motifs is 1. The van der Waals surface area contributed by atoms with Crippen molar-refractivity contribution in [1.82, 2.24) is 14.8 Å². The molecule has 1 N–H and O–H groups in total. The average molecular weight is 398 g/mol. The van der Waals surface area contributed by atoms with E-state index >= 15 is 0 Å². The zero-order chi connectivity index (χ0) is 20.6. The summed E-state index contributed by atoms with van der Waals surface area (Å²) in [4.78, 5) is 32.6. The Labute approximate surface area is 171 Å². The molecule has 0 unspecified atom stereocenters. The number of benzene rings is 1. The lowest BCUT2D eigenvalue weighted by Gasteiger charge is -2.49. The Kier molecular flexibility index (Phi) is 5.15. The van der Waals surface area contributed by atoms with E-state index in [2.05, 4.69) is 9.88 Å². The molecule has 1 amide bonds. The molecule has 6 heteroatoms. The van der Waals surface area contributed by atoms with Gasteiger partial charge < -0.3 is 14.6 Å². The van der Waals surface area contributed by atoms with Crippen molar-refractivity contribution in [3.63, 3.8) is 0 Å². The third kappa shape index (κ3) is 4.17. The Morgan fingerprint density at radius 1 is 1.17 bits per heavy atom. The highest BCUT2D eigenvalue weighted by molar-refractivity contribution is 5.78. The molecule has 1 aliphatic heterocycles. The first-order valence-electron chi connectivity index (χ1n) is 10.6. The third-order valence-electron chi connectivity index (χ3n) is 6.17. The van der Waals surface area contributed by atoms with E-state index in [9.17, 15) is 9.59 Å². The van der Waals surface area contributed by atoms with Crippen LogP contribution < -0.4 is 5.56 Å². The Balaban J connectivity index is 1.56. The predicted molar refractivity (Wildman–Crippen MR) is 114 cm³/mol. The van der Waals surface area contributed by atoms with Gasteiger partial charge in [-0.15, -0.1) is 0 Å². The number of H-pyrrole nitrogens is 1. The van der Waals surface area contributed by atoms with Crippen LogP contribution in [0.1, 0.15) is 52.0 Å². The van der Waals surface area contributed by atoms with Gasteiger partial charge in [-0.2, -0.15) is 0 Å². The molecule has 2 fully saturated rings. The molecule has 0 atom stereocenters. The molecule has 1 aromatic heterocycles. The van der Waals surface area contributed by atoms with Crippen LogP contribution in [0.3, 0.4) is 0 Å². The van der Waals surface area contributed by atoms with Gasteiger partial charge in [0.1, 0.15) is 5.60 Å². The minimum Gasteiger partial charge on any atom is -0.444 e. The van der Waals surface area contributed by atoms with Gasteiger partial charge in [0.05, 0.1) is 0 Å². The summed E-state index contributed by atoms with van der Waals surface area (Å²) >= 11 is 0. The van der Waals surface area contributed by atoms with Crippen LogP contribution in [0.4, 0.5) is 4.79 Å². The molecule has 0 bridgehead atoms. The van der Waals surface area contributed by atoms with Crippen LogP contribution in [0, 0.1) is 0 Å². The number of pyridine rings is 1. The molecule has 2 aliphatic rings. The summed E-state index contributed by atoms with van der Waals surface area (Å²) in [5, 5.41) is 1.05. The number of para-hydroxylation sites is 1. The summed E-state index contributed by atoms with van der Waals surface area (Å²) in [5.41, 5.74) is 1.08. The minimum absolute atomic E-state index is 0.0218. The second-order valence-corrected chi connectivity index (χ2v) is 9.47. The molecular weight excluding hydrogens is 366 g/mol. The van der Waals surface area contributed by atoms with Crippen molar-refractivity contribution in [3.05, 3.63) is 46.2 Å². The molecular formula is C23H31N3O3. The summed E-state index contributed by atoms with van der Waals surface area (Å²) in [6.45, 7) is 8.37. The van der Waals surface area contributed by atoms with Crippen LogP contribution in [0.5, 0.6) is 0 Å². The first kappa shape index (κ1) is 20.0. The number of piperazine rings is 1. The van der Waals surface area contributed by atoms with Gasteiger partial charge in [-0.1, -0.05) is 31.0 Å². The highest BCUT2D eigenvalue weighted by Crippen LogP contribution is 2.39. The maximum Gasteiger partial charge on any atom is 0.410 e. The topological polar surface area (TPSA) is 65.6 Å². The lowest BCUT2D eigenvalue weighted by Crippen LogP contribution is -2.62. The summed E-state index contributed by atoms with van der Waals surface area (Å²) in [6.07, 6.45) is 4.20. The monoisotopic (exact) mass is 397 g/mol. The Hall–Kier alpha value is -2.34. The zero-order valence-corrected chi connectivity index (χ0v) is 17.7. The Morgan fingerprint density at radius 2 is 1.90 bits per heavy atom. The average Bonchev–Trinajstić information content (AvgIpc) is 3.11. The van der Waals surface area contributed by atoms with E-state index in [1.54, 1.807) is 0 Å². The molecule has 6 nitrogen and oxygen atoms in total. The van der Waals surface area contributed by atoms with E-state index in [0.29, 0.717) is 19.6 Å². The summed E-state index contributed by atoms with van der Waals surface area (Å²) < 4.78 is 5.61. The van der Waals surface area contributed by atoms with Gasteiger partial charge in [0.15, 0.2) is 0 Å². The first-order valence-corrected chi connectivity index (χ1v) is 10.6. The lowest BCUT2D eigenvalue weighted by atomic mass is 9.91. The molecule has 1 aromatic carbocycles. The number of ether oxygens (including phenoxy) is 1. The highest BCUT2D eigenvalue weighted by Gasteiger charge is 2.45. The van der Waals surface area contributed by atoms with Crippen LogP contribution in [0.15, 0.2) is 35.1 Å². The maximum absolute atomic E-state index is 12.7. The Morgan fingerprint density at radius 3 is 2.62 bits per heavy atom. The molecule has 29 heavy (non-hydrogen) atoms. The maximum atomic E-state index is 12.7. The van der Waals surface area contributed by atoms with Crippen LogP contribution in [-0.2, 0) is 11.3 Å². The van der Waals surface area contributed by atoms with E-state index in [0.717, 1.165) is 48.7 Å². The van der Waals surface area contributed by atoms with E-state index in [4.69, 9.17) is 4.74 Å². The van der Waals surface area contributed by atoms with Crippen molar-refractivity contribution < 1.29 is 9.53 Å². The summed E-state index contributed by atoms with van der Waals surface area (Å²) in [7, 11) is 0. The minimum atomic E-state index is -0.491. The standard InChI is InChI=1S/C23H31N3O3/c1-22(2,3)29-21(28)25-12-13-26(23(16-25)10-6-7-11-23)15-18-14-17-8-4-5-9-19(17)24-20(18)27/h4-5,8-9,14H,6-7,10-13,15-16H2,1-3H3,(H,24,27). The number of amides is 1. The zero-order valence-electron chi connectivity index (χ0n) is 17.7. The number of aromatic amines is 1. The second-order valence-electron chi connectivity index (χ2n) is 9.47. The van der Waals surface area contributed by atoms with Crippen LogP contribution in [-0.4, -0.2) is 51.7 Å². The smallest absolute Gasteiger partial charge is 0.410 e. The predicted octanol–water partition coefficient (Wildman–Crippen LogP) is 3.89. The molecule has 2 aromatic rings. The molecule has 0 radical (unpaired) electrons. The number of aromatic nitrogens is 1. The quantitative estimate of drug-likeness (QED) is 0.835. The van der Waals surface area contributed by atoms with Gasteiger partial charge in [0.2, 0.25) is 0 Å². The molecule has 4 rings (SSSR count). The Bertz CT molecular complexity index is 954. The van der Waals surface area contributed by atoms with E-state index in [1.807, 2.05) is 56.0 Å². The molecule has 1 spiro atoms. The fourth-order valence-corrected chi connectivity index (χ4v) is 4.77. The molecule has 156 valence electrons. The van der Waals surface area contributed by atoms with Gasteiger partial charge in [-0.25, -0.2) is 4.79 Å². The molecule has 1 saturated heterocycles. The van der Waals surface area contributed by atoms with E-state index in [-0.39, 0.29) is 17.2 Å². The lowest BCUT2D eigenvalue weighted by molar-refractivity contribution is -0.0279. The van der Waals surface area contributed by atoms with E-state index < -0.39 is 5.60 Å². The van der Waals surface area contributed by atoms with E-state index in [1.165, 1.54) is 0 Å². The number of hydrogen-bond acceptors (Lipinski definition) is 4. The van der Waals surface area contributed by atoms with Crippen molar-refractivity contribution >= 4 is 17.0 Å². The fourth-order valence-electron chi connectivity index (χ4n) is 4.77. The van der Waals surface area contributed by atoms with Gasteiger partial charge in [0, 0.05) is 42.8 Å². The fraction of sp³-hybridized carbons (Fsp3) is 0.565. The third-order valence-corrected chi connectivity index (χ3v) is 6.17. The number of nitrogens with zero attached hydrogens (tertiary/aromatic N) is 2. The number of carbonyl (C=O) groups excluding carboxylic acids is 1. The van der Waals surface area contributed by atoms with Gasteiger partial charge in [-0.05, 0) is 51.1 Å². The molecule has 1 aliphatic carbocycles. The number of rotatable bonds is 2. The van der Waals surface area contributed by atoms with Gasteiger partial charge in [-0.3, -0.25) is 9.69 Å². The van der Waals surface area contributed by atoms with Gasteiger partial charge >= 0.3 is 6.09 Å². The van der Waals surface area contributed by atoms with Crippen molar-refractivity contribution in [2.24, 2.45) is 0 Å². The van der Waals surface area contributed by atoms with Crippen LogP contribution in [0.2, 0.25) is 0 Å². The largest absolute Gasteiger partial charge is 0.444 e. The molecule has 1 saturated carbocycles. The summed E-state index contributed by atoms with van der Waals surface area (Å²) in [5.74, 6) is 0. The second kappa shape index (κ2) is 7.48. The van der Waals surface area contributed by atoms with Crippen molar-refractivity contribution in [3.8, 4) is 0 Å².